The normalized spacial score (nSPS) is 23.1. The third kappa shape index (κ3) is 5.93. The van der Waals surface area contributed by atoms with Crippen molar-refractivity contribution in [3.63, 3.8) is 0 Å². The second kappa shape index (κ2) is 12.3. The van der Waals surface area contributed by atoms with Crippen molar-refractivity contribution in [3.05, 3.63) is 47.0 Å². The van der Waals surface area contributed by atoms with Gasteiger partial charge in [0, 0.05) is 11.8 Å². The van der Waals surface area contributed by atoms with E-state index >= 15 is 0 Å². The van der Waals surface area contributed by atoms with E-state index in [1.165, 1.54) is 23.5 Å². The summed E-state index contributed by atoms with van der Waals surface area (Å²) in [5, 5.41) is 0.154. The summed E-state index contributed by atoms with van der Waals surface area (Å²) in [5.74, 6) is -3.57. The van der Waals surface area contributed by atoms with Crippen molar-refractivity contribution in [1.29, 1.82) is 0 Å². The summed E-state index contributed by atoms with van der Waals surface area (Å²) < 4.78 is 12.3. The molecule has 10 nitrogen and oxygen atoms in total. The van der Waals surface area contributed by atoms with Gasteiger partial charge in [0.25, 0.3) is 11.8 Å². The molecule has 0 unspecified atom stereocenters. The van der Waals surface area contributed by atoms with E-state index in [1.54, 1.807) is 13.8 Å². The van der Waals surface area contributed by atoms with Gasteiger partial charge in [-0.05, 0) is 102 Å². The average molecular weight is 631 g/mol. The van der Waals surface area contributed by atoms with Gasteiger partial charge in [0.15, 0.2) is 0 Å². The van der Waals surface area contributed by atoms with Crippen LogP contribution in [-0.2, 0) is 19.2 Å². The molecule has 2 aromatic carbocycles. The van der Waals surface area contributed by atoms with E-state index in [0.29, 0.717) is 56.9 Å². The second-order valence-corrected chi connectivity index (χ2v) is 13.4. The van der Waals surface area contributed by atoms with E-state index in [-0.39, 0.29) is 51.2 Å². The number of hydrogen-bond acceptors (Lipinski definition) is 10. The van der Waals surface area contributed by atoms with Gasteiger partial charge in [-0.1, -0.05) is 17.4 Å². The summed E-state index contributed by atoms with van der Waals surface area (Å²) in [7, 11) is 0. The molecule has 3 aromatic rings. The first kappa shape index (κ1) is 30.8. The zero-order valence-corrected chi connectivity index (χ0v) is 26.2. The molecule has 2 aliphatic carbocycles. The van der Waals surface area contributed by atoms with Crippen LogP contribution in [0.4, 0.5) is 5.13 Å². The number of nitrogens with zero attached hydrogens (tertiary/aromatic N) is 2. The first-order chi connectivity index (χ1) is 21.5. The van der Waals surface area contributed by atoms with Crippen LogP contribution >= 0.6 is 11.3 Å². The zero-order valence-electron chi connectivity index (χ0n) is 25.4. The van der Waals surface area contributed by atoms with Crippen LogP contribution in [0.1, 0.15) is 91.5 Å². The number of carbonyl (C=O) groups is 6. The molecule has 3 aliphatic rings. The van der Waals surface area contributed by atoms with Crippen LogP contribution < -0.4 is 14.4 Å². The minimum absolute atomic E-state index is 0.0740. The predicted octanol–water partition coefficient (Wildman–Crippen LogP) is 6.01. The van der Waals surface area contributed by atoms with E-state index < -0.39 is 35.6 Å². The van der Waals surface area contributed by atoms with Crippen LogP contribution in [0.3, 0.4) is 0 Å². The number of amides is 2. The average Bonchev–Trinajstić information content (AvgIpc) is 3.55. The molecular weight excluding hydrogens is 596 g/mol. The first-order valence-corrected chi connectivity index (χ1v) is 16.2. The van der Waals surface area contributed by atoms with Crippen LogP contribution in [0.15, 0.2) is 30.3 Å². The molecule has 0 bridgehead atoms. The van der Waals surface area contributed by atoms with Gasteiger partial charge in [0.1, 0.15) is 23.1 Å². The lowest BCUT2D eigenvalue weighted by molar-refractivity contribution is -0.142. The van der Waals surface area contributed by atoms with Crippen LogP contribution in [-0.4, -0.2) is 40.3 Å². The minimum atomic E-state index is -0.728. The van der Waals surface area contributed by atoms with Crippen molar-refractivity contribution < 1.29 is 38.2 Å². The van der Waals surface area contributed by atoms with Crippen molar-refractivity contribution in [1.82, 2.24) is 4.98 Å². The molecule has 45 heavy (non-hydrogen) atoms. The van der Waals surface area contributed by atoms with Gasteiger partial charge >= 0.3 is 11.9 Å². The topological polar surface area (TPSA) is 137 Å². The highest BCUT2D eigenvalue weighted by molar-refractivity contribution is 7.22. The number of aryl methyl sites for hydroxylation is 1. The number of fused-ring (bicyclic) bond motifs is 2. The maximum Gasteiger partial charge on any atom is 0.314 e. The number of Topliss-reactive ketones (excluding diaryl/α,β-unsaturated/α-hetero) is 2. The Morgan fingerprint density at radius 2 is 1.16 bits per heavy atom. The van der Waals surface area contributed by atoms with E-state index in [1.807, 2.05) is 25.1 Å². The molecule has 6 rings (SSSR count). The zero-order chi connectivity index (χ0) is 32.0. The molecule has 0 N–H and O–H groups in total. The van der Waals surface area contributed by atoms with E-state index in [2.05, 4.69) is 4.98 Å². The van der Waals surface area contributed by atoms with Crippen molar-refractivity contribution in [2.75, 3.05) is 4.90 Å². The lowest BCUT2D eigenvalue weighted by atomic mass is 9.80. The summed E-state index contributed by atoms with van der Waals surface area (Å²) in [6, 6.07) is 8.37. The standard InChI is InChI=1S/C34H34N2O8S/c1-17-4-13-24-27(16-17)45-34(35-24)36-30(39)28-25(43-32(41)22-9-5-20(6-10-22)18(2)37)14-15-26(29(28)31(36)40)44-33(42)23-11-7-21(8-12-23)19(3)38/h4,13-16,20-23H,5-12H2,1-3H3. The molecule has 0 atom stereocenters. The fourth-order valence-corrected chi connectivity index (χ4v) is 7.68. The molecule has 11 heteroatoms. The van der Waals surface area contributed by atoms with Gasteiger partial charge < -0.3 is 9.47 Å². The molecule has 2 amide bonds. The first-order valence-electron chi connectivity index (χ1n) is 15.4. The van der Waals surface area contributed by atoms with Gasteiger partial charge in [-0.25, -0.2) is 9.88 Å². The minimum Gasteiger partial charge on any atom is -0.425 e. The number of hydrogen-bond donors (Lipinski definition) is 0. The number of benzene rings is 2. The maximum atomic E-state index is 14.0. The van der Waals surface area contributed by atoms with Crippen molar-refractivity contribution in [3.8, 4) is 11.5 Å². The summed E-state index contributed by atoms with van der Waals surface area (Å²) >= 11 is 1.18. The number of ketones is 2. The largest absolute Gasteiger partial charge is 0.425 e. The number of anilines is 1. The van der Waals surface area contributed by atoms with Gasteiger partial charge in [-0.15, -0.1) is 0 Å². The fourth-order valence-electron chi connectivity index (χ4n) is 6.62. The van der Waals surface area contributed by atoms with Crippen LogP contribution in [0.5, 0.6) is 11.5 Å². The van der Waals surface area contributed by atoms with E-state index in [4.69, 9.17) is 9.47 Å². The molecule has 0 spiro atoms. The second-order valence-electron chi connectivity index (χ2n) is 12.4. The summed E-state index contributed by atoms with van der Waals surface area (Å²) in [5.41, 5.74) is 1.30. The number of carbonyl (C=O) groups excluding carboxylic acids is 6. The predicted molar refractivity (Wildman–Crippen MR) is 165 cm³/mol. The van der Waals surface area contributed by atoms with Gasteiger partial charge in [-0.2, -0.15) is 0 Å². The fraction of sp³-hybridized carbons (Fsp3) is 0.441. The Bertz CT molecular complexity index is 1660. The Morgan fingerprint density at radius 3 is 1.60 bits per heavy atom. The summed E-state index contributed by atoms with van der Waals surface area (Å²) in [4.78, 5) is 83.4. The Morgan fingerprint density at radius 1 is 0.711 bits per heavy atom. The Balaban J connectivity index is 1.31. The highest BCUT2D eigenvalue weighted by Crippen LogP contribution is 2.43. The summed E-state index contributed by atoms with van der Waals surface area (Å²) in [6.45, 7) is 5.04. The number of thiazole rings is 1. The summed E-state index contributed by atoms with van der Waals surface area (Å²) in [6.07, 6.45) is 4.26. The third-order valence-corrected chi connectivity index (χ3v) is 10.4. The molecule has 1 aromatic heterocycles. The monoisotopic (exact) mass is 630 g/mol. The molecule has 0 radical (unpaired) electrons. The SMILES string of the molecule is CC(=O)C1CCC(C(=O)Oc2ccc(OC(=O)C3CCC(C(C)=O)CC3)c3c2C(=O)N(c2nc4ccc(C)cc4s2)C3=O)CC1. The molecule has 2 saturated carbocycles. The van der Waals surface area contributed by atoms with E-state index in [9.17, 15) is 28.8 Å². The maximum absolute atomic E-state index is 14.0. The van der Waals surface area contributed by atoms with Crippen LogP contribution in [0.2, 0.25) is 0 Å². The number of aromatic nitrogens is 1. The number of esters is 2. The molecule has 1 aliphatic heterocycles. The molecular formula is C34H34N2O8S. The van der Waals surface area contributed by atoms with Crippen molar-refractivity contribution in [2.45, 2.75) is 72.1 Å². The van der Waals surface area contributed by atoms with Crippen molar-refractivity contribution >= 4 is 62.0 Å². The van der Waals surface area contributed by atoms with Crippen LogP contribution in [0.25, 0.3) is 10.2 Å². The quantitative estimate of drug-likeness (QED) is 0.175. The number of imide groups is 1. The Kier molecular flexibility index (Phi) is 8.39. The molecule has 234 valence electrons. The highest BCUT2D eigenvalue weighted by atomic mass is 32.1. The van der Waals surface area contributed by atoms with Gasteiger partial charge in [0.05, 0.1) is 33.2 Å². The molecule has 2 fully saturated rings. The van der Waals surface area contributed by atoms with Gasteiger partial charge in [0.2, 0.25) is 5.13 Å². The smallest absolute Gasteiger partial charge is 0.314 e. The lowest BCUT2D eigenvalue weighted by Gasteiger charge is -2.26. The third-order valence-electron chi connectivity index (χ3n) is 9.38. The number of ether oxygens (including phenoxy) is 2. The van der Waals surface area contributed by atoms with Gasteiger partial charge in [-0.3, -0.25) is 28.8 Å². The number of rotatable bonds is 7. The van der Waals surface area contributed by atoms with Crippen molar-refractivity contribution in [2.24, 2.45) is 23.7 Å². The molecule has 2 heterocycles. The Labute approximate surface area is 264 Å². The molecule has 0 saturated heterocycles. The Hall–Kier alpha value is -4.25. The van der Waals surface area contributed by atoms with E-state index in [0.717, 1.165) is 15.2 Å². The lowest BCUT2D eigenvalue weighted by Crippen LogP contribution is -2.30. The van der Waals surface area contributed by atoms with Crippen LogP contribution in [0, 0.1) is 30.6 Å². The highest BCUT2D eigenvalue weighted by Gasteiger charge is 2.45.